The molecule has 1 amide bonds. The van der Waals surface area contributed by atoms with Crippen LogP contribution in [0, 0.1) is 12.7 Å². The van der Waals surface area contributed by atoms with Gasteiger partial charge >= 0.3 is 5.97 Å². The van der Waals surface area contributed by atoms with Gasteiger partial charge in [0, 0.05) is 19.7 Å². The van der Waals surface area contributed by atoms with Crippen molar-refractivity contribution in [2.75, 3.05) is 14.2 Å². The van der Waals surface area contributed by atoms with Crippen LogP contribution in [0.5, 0.6) is 0 Å². The summed E-state index contributed by atoms with van der Waals surface area (Å²) < 4.78 is 17.9. The number of methoxy groups -OCH3 is 1. The SMILES string of the molecule is COC(=O)c1c(CC(=O)N(C)C(C)c2ccc(F)cc2)[nH]c(C(C)=O)c1C. The third-order valence-electron chi connectivity index (χ3n) is 4.72. The topological polar surface area (TPSA) is 79.5 Å². The monoisotopic (exact) mass is 374 g/mol. The number of nitrogens with one attached hydrogen (secondary N) is 1. The first-order valence-corrected chi connectivity index (χ1v) is 8.49. The minimum absolute atomic E-state index is 0.0966. The van der Waals surface area contributed by atoms with E-state index in [1.807, 2.05) is 6.92 Å². The molecule has 0 aliphatic heterocycles. The van der Waals surface area contributed by atoms with Gasteiger partial charge in [0.15, 0.2) is 5.78 Å². The van der Waals surface area contributed by atoms with Crippen LogP contribution in [0.1, 0.15) is 57.6 Å². The van der Waals surface area contributed by atoms with Crippen LogP contribution >= 0.6 is 0 Å². The van der Waals surface area contributed by atoms with E-state index in [1.165, 1.54) is 31.1 Å². The van der Waals surface area contributed by atoms with Crippen molar-refractivity contribution in [1.82, 2.24) is 9.88 Å². The van der Waals surface area contributed by atoms with E-state index in [9.17, 15) is 18.8 Å². The number of carbonyl (C=O) groups is 3. The van der Waals surface area contributed by atoms with Crippen molar-refractivity contribution in [3.05, 3.63) is 58.2 Å². The largest absolute Gasteiger partial charge is 0.465 e. The lowest BCUT2D eigenvalue weighted by molar-refractivity contribution is -0.131. The number of likely N-dealkylation sites (N-methyl/N-ethyl adjacent to an activating group) is 1. The van der Waals surface area contributed by atoms with Gasteiger partial charge in [-0.1, -0.05) is 12.1 Å². The second-order valence-corrected chi connectivity index (χ2v) is 6.44. The highest BCUT2D eigenvalue weighted by Gasteiger charge is 2.26. The van der Waals surface area contributed by atoms with Crippen LogP contribution in [0.2, 0.25) is 0 Å². The van der Waals surface area contributed by atoms with E-state index in [0.717, 1.165) is 5.56 Å². The maximum Gasteiger partial charge on any atom is 0.339 e. The normalized spacial score (nSPS) is 11.8. The van der Waals surface area contributed by atoms with Gasteiger partial charge in [0.1, 0.15) is 5.82 Å². The Balaban J connectivity index is 2.28. The van der Waals surface area contributed by atoms with Crippen LogP contribution in [0.15, 0.2) is 24.3 Å². The third-order valence-corrected chi connectivity index (χ3v) is 4.72. The van der Waals surface area contributed by atoms with Gasteiger partial charge in [0.05, 0.1) is 30.8 Å². The van der Waals surface area contributed by atoms with Crippen molar-refractivity contribution in [3.63, 3.8) is 0 Å². The molecule has 1 atom stereocenters. The number of aromatic nitrogens is 1. The Kier molecular flexibility index (Phi) is 6.15. The van der Waals surface area contributed by atoms with Crippen molar-refractivity contribution >= 4 is 17.7 Å². The predicted molar refractivity (Wildman–Crippen MR) is 98.2 cm³/mol. The number of H-pyrrole nitrogens is 1. The number of halogens is 1. The van der Waals surface area contributed by atoms with E-state index < -0.39 is 5.97 Å². The average Bonchev–Trinajstić information content (AvgIpc) is 2.96. The third kappa shape index (κ3) is 4.24. The fourth-order valence-corrected chi connectivity index (χ4v) is 2.98. The number of hydrogen-bond donors (Lipinski definition) is 1. The molecule has 1 aromatic heterocycles. The molecule has 1 aromatic carbocycles. The molecule has 2 rings (SSSR count). The number of Topliss-reactive ketones (excluding diaryl/α,β-unsaturated/α-hetero) is 1. The van der Waals surface area contributed by atoms with Gasteiger partial charge in [0.2, 0.25) is 5.91 Å². The zero-order chi connectivity index (χ0) is 20.3. The van der Waals surface area contributed by atoms with Crippen LogP contribution in [0.4, 0.5) is 4.39 Å². The summed E-state index contributed by atoms with van der Waals surface area (Å²) in [6.45, 7) is 4.85. The second-order valence-electron chi connectivity index (χ2n) is 6.44. The number of hydrogen-bond acceptors (Lipinski definition) is 4. The van der Waals surface area contributed by atoms with Crippen LogP contribution < -0.4 is 0 Å². The summed E-state index contributed by atoms with van der Waals surface area (Å²) in [5.74, 6) is -1.44. The molecule has 0 saturated carbocycles. The highest BCUT2D eigenvalue weighted by atomic mass is 19.1. The van der Waals surface area contributed by atoms with Crippen LogP contribution in [-0.2, 0) is 16.0 Å². The minimum Gasteiger partial charge on any atom is -0.465 e. The number of ether oxygens (including phenoxy) is 1. The van der Waals surface area contributed by atoms with Crippen molar-refractivity contribution < 1.29 is 23.5 Å². The lowest BCUT2D eigenvalue weighted by Gasteiger charge is -2.25. The summed E-state index contributed by atoms with van der Waals surface area (Å²) in [5, 5.41) is 0. The number of rotatable bonds is 6. The molecule has 0 bridgehead atoms. The van der Waals surface area contributed by atoms with E-state index in [-0.39, 0.29) is 41.2 Å². The molecule has 144 valence electrons. The highest BCUT2D eigenvalue weighted by Crippen LogP contribution is 2.23. The molecule has 7 heteroatoms. The van der Waals surface area contributed by atoms with Gasteiger partial charge in [-0.15, -0.1) is 0 Å². The molecule has 6 nitrogen and oxygen atoms in total. The van der Waals surface area contributed by atoms with Crippen LogP contribution in [-0.4, -0.2) is 41.7 Å². The van der Waals surface area contributed by atoms with Crippen molar-refractivity contribution in [1.29, 1.82) is 0 Å². The molecule has 1 unspecified atom stereocenters. The molecule has 1 heterocycles. The Bertz CT molecular complexity index is 871. The molecule has 0 radical (unpaired) electrons. The maximum atomic E-state index is 13.1. The number of carbonyl (C=O) groups excluding carboxylic acids is 3. The quantitative estimate of drug-likeness (QED) is 0.622. The minimum atomic E-state index is -0.603. The Labute approximate surface area is 157 Å². The Morgan fingerprint density at radius 3 is 2.33 bits per heavy atom. The van der Waals surface area contributed by atoms with Crippen molar-refractivity contribution in [2.24, 2.45) is 0 Å². The van der Waals surface area contributed by atoms with Crippen LogP contribution in [0.3, 0.4) is 0 Å². The van der Waals surface area contributed by atoms with Crippen molar-refractivity contribution in [2.45, 2.75) is 33.2 Å². The zero-order valence-corrected chi connectivity index (χ0v) is 16.1. The number of esters is 1. The predicted octanol–water partition coefficient (Wildman–Crippen LogP) is 3.21. The summed E-state index contributed by atoms with van der Waals surface area (Å²) in [6.07, 6.45) is -0.0966. The van der Waals surface area contributed by atoms with E-state index in [0.29, 0.717) is 11.3 Å². The zero-order valence-electron chi connectivity index (χ0n) is 16.1. The fraction of sp³-hybridized carbons (Fsp3) is 0.350. The number of nitrogens with zero attached hydrogens (tertiary/aromatic N) is 1. The Morgan fingerprint density at radius 1 is 1.22 bits per heavy atom. The molecule has 27 heavy (non-hydrogen) atoms. The summed E-state index contributed by atoms with van der Waals surface area (Å²) >= 11 is 0. The number of amides is 1. The number of ketones is 1. The van der Waals surface area contributed by atoms with Gasteiger partial charge in [-0.3, -0.25) is 9.59 Å². The molecule has 0 aliphatic rings. The fourth-order valence-electron chi connectivity index (χ4n) is 2.98. The van der Waals surface area contributed by atoms with Gasteiger partial charge in [0.25, 0.3) is 0 Å². The number of aromatic amines is 1. The smallest absolute Gasteiger partial charge is 0.339 e. The second kappa shape index (κ2) is 8.16. The first-order valence-electron chi connectivity index (χ1n) is 8.49. The molecule has 0 fully saturated rings. The molecule has 1 N–H and O–H groups in total. The van der Waals surface area contributed by atoms with Crippen molar-refractivity contribution in [3.8, 4) is 0 Å². The standard InChI is InChI=1S/C20H23FN2O4/c1-11-18(20(26)27-5)16(22-19(11)13(3)24)10-17(25)23(4)12(2)14-6-8-15(21)9-7-14/h6-9,12,22H,10H2,1-5H3. The van der Waals surface area contributed by atoms with Gasteiger partial charge in [-0.2, -0.15) is 0 Å². The first-order chi connectivity index (χ1) is 12.7. The summed E-state index contributed by atoms with van der Waals surface area (Å²) in [4.78, 5) is 41.0. The Morgan fingerprint density at radius 2 is 1.81 bits per heavy atom. The summed E-state index contributed by atoms with van der Waals surface area (Å²) in [7, 11) is 2.88. The average molecular weight is 374 g/mol. The van der Waals surface area contributed by atoms with E-state index in [4.69, 9.17) is 4.74 Å². The Hall–Kier alpha value is -2.96. The summed E-state index contributed by atoms with van der Waals surface area (Å²) in [6, 6.07) is 5.63. The van der Waals surface area contributed by atoms with E-state index >= 15 is 0 Å². The lowest BCUT2D eigenvalue weighted by Crippen LogP contribution is -2.31. The van der Waals surface area contributed by atoms with Gasteiger partial charge in [-0.25, -0.2) is 9.18 Å². The van der Waals surface area contributed by atoms with Crippen LogP contribution in [0.25, 0.3) is 0 Å². The molecular weight excluding hydrogens is 351 g/mol. The van der Waals surface area contributed by atoms with Gasteiger partial charge in [-0.05, 0) is 37.1 Å². The number of benzene rings is 1. The molecule has 0 saturated heterocycles. The molecule has 0 spiro atoms. The van der Waals surface area contributed by atoms with Gasteiger partial charge < -0.3 is 14.6 Å². The first kappa shape index (κ1) is 20.4. The highest BCUT2D eigenvalue weighted by molar-refractivity contribution is 6.01. The molecular formula is C20H23FN2O4. The molecule has 2 aromatic rings. The summed E-state index contributed by atoms with van der Waals surface area (Å²) in [5.41, 5.74) is 2.08. The van der Waals surface area contributed by atoms with E-state index in [1.54, 1.807) is 26.1 Å². The lowest BCUT2D eigenvalue weighted by atomic mass is 10.0. The molecule has 0 aliphatic carbocycles. The van der Waals surface area contributed by atoms with E-state index in [2.05, 4.69) is 4.98 Å². The maximum absolute atomic E-state index is 13.1.